The second-order valence-electron chi connectivity index (χ2n) is 7.57. The van der Waals surface area contributed by atoms with Gasteiger partial charge < -0.3 is 10.4 Å². The highest BCUT2D eigenvalue weighted by Gasteiger charge is 2.54. The van der Waals surface area contributed by atoms with Crippen LogP contribution >= 0.6 is 11.3 Å². The van der Waals surface area contributed by atoms with Crippen molar-refractivity contribution in [1.29, 1.82) is 0 Å². The molecule has 0 aliphatic heterocycles. The van der Waals surface area contributed by atoms with E-state index in [1.165, 1.54) is 11.3 Å². The topological polar surface area (TPSA) is 79.3 Å². The Labute approximate surface area is 156 Å². The van der Waals surface area contributed by atoms with Crippen molar-refractivity contribution in [3.05, 3.63) is 34.7 Å². The lowest BCUT2D eigenvalue weighted by molar-refractivity contribution is -0.148. The van der Waals surface area contributed by atoms with Gasteiger partial charge in [0.2, 0.25) is 5.91 Å². The molecule has 1 aromatic heterocycles. The summed E-state index contributed by atoms with van der Waals surface area (Å²) in [5, 5.41) is 14.9. The second kappa shape index (κ2) is 6.50. The number of aryl methyl sites for hydroxylation is 2. The van der Waals surface area contributed by atoms with Crippen LogP contribution in [0.3, 0.4) is 0 Å². The van der Waals surface area contributed by atoms with E-state index in [1.807, 2.05) is 19.2 Å². The Morgan fingerprint density at radius 3 is 2.65 bits per heavy atom. The molecular formula is C20H22N2O3S. The standard InChI is InChI=1S/C20H22N2O3S/c1-10-3-4-11(2)14(7-10)15-9-26-20(21-15)22-18(23)16-12-5-6-13(8-12)17(16)19(24)25/h3-4,7,9,12-13,16-17H,5-6,8H2,1-2H3,(H,24,25)(H,21,22,23)/t12-,13-,16+,17-/m0/s1. The Bertz CT molecular complexity index is 876. The van der Waals surface area contributed by atoms with Gasteiger partial charge in [0.15, 0.2) is 5.13 Å². The van der Waals surface area contributed by atoms with E-state index in [-0.39, 0.29) is 17.7 Å². The van der Waals surface area contributed by atoms with E-state index >= 15 is 0 Å². The third-order valence-corrected chi connectivity index (χ3v) is 6.67. The van der Waals surface area contributed by atoms with Crippen LogP contribution in [0.1, 0.15) is 30.4 Å². The summed E-state index contributed by atoms with van der Waals surface area (Å²) in [5.74, 6) is -1.67. The Balaban J connectivity index is 1.53. The molecule has 5 nitrogen and oxygen atoms in total. The van der Waals surface area contributed by atoms with E-state index < -0.39 is 17.8 Å². The molecule has 136 valence electrons. The number of aromatic nitrogens is 1. The van der Waals surface area contributed by atoms with Gasteiger partial charge in [0, 0.05) is 10.9 Å². The monoisotopic (exact) mass is 370 g/mol. The summed E-state index contributed by atoms with van der Waals surface area (Å²) in [5.41, 5.74) is 4.20. The SMILES string of the molecule is Cc1ccc(C)c(-c2csc(NC(=O)[C@@H]3[C@H]4CC[C@@H](C4)[C@@H]3C(=O)O)n2)c1. The third-order valence-electron chi connectivity index (χ3n) is 5.91. The zero-order chi connectivity index (χ0) is 18.4. The number of hydrogen-bond donors (Lipinski definition) is 2. The van der Waals surface area contributed by atoms with E-state index in [0.29, 0.717) is 5.13 Å². The Morgan fingerprint density at radius 1 is 1.19 bits per heavy atom. The summed E-state index contributed by atoms with van der Waals surface area (Å²) in [6, 6.07) is 6.22. The molecular weight excluding hydrogens is 348 g/mol. The molecule has 2 aliphatic rings. The number of nitrogens with zero attached hydrogens (tertiary/aromatic N) is 1. The van der Waals surface area contributed by atoms with Crippen molar-refractivity contribution in [3.8, 4) is 11.3 Å². The summed E-state index contributed by atoms with van der Waals surface area (Å²) in [6.45, 7) is 4.08. The summed E-state index contributed by atoms with van der Waals surface area (Å²) in [7, 11) is 0. The third kappa shape index (κ3) is 2.92. The average Bonchev–Trinajstić information content (AvgIpc) is 3.32. The van der Waals surface area contributed by atoms with Gasteiger partial charge in [-0.05, 0) is 56.6 Å². The number of fused-ring (bicyclic) bond motifs is 2. The van der Waals surface area contributed by atoms with Gasteiger partial charge in [-0.15, -0.1) is 11.3 Å². The molecule has 0 spiro atoms. The molecule has 4 atom stereocenters. The largest absolute Gasteiger partial charge is 0.481 e. The van der Waals surface area contributed by atoms with E-state index in [2.05, 4.69) is 28.5 Å². The lowest BCUT2D eigenvalue weighted by Gasteiger charge is -2.26. The Hall–Kier alpha value is -2.21. The fraction of sp³-hybridized carbons (Fsp3) is 0.450. The van der Waals surface area contributed by atoms with Crippen LogP contribution in [0.15, 0.2) is 23.6 Å². The predicted octanol–water partition coefficient (Wildman–Crippen LogP) is 4.11. The maximum atomic E-state index is 12.8. The fourth-order valence-electron chi connectivity index (χ4n) is 4.68. The molecule has 2 bridgehead atoms. The minimum atomic E-state index is -0.840. The number of anilines is 1. The molecule has 0 saturated heterocycles. The number of hydrogen-bond acceptors (Lipinski definition) is 4. The van der Waals surface area contributed by atoms with Crippen molar-refractivity contribution in [3.63, 3.8) is 0 Å². The maximum absolute atomic E-state index is 12.8. The molecule has 2 aromatic rings. The minimum absolute atomic E-state index is 0.148. The number of thiazole rings is 1. The molecule has 1 heterocycles. The molecule has 0 unspecified atom stereocenters. The highest BCUT2D eigenvalue weighted by atomic mass is 32.1. The van der Waals surface area contributed by atoms with Crippen LogP contribution in [-0.4, -0.2) is 22.0 Å². The number of carbonyl (C=O) groups excluding carboxylic acids is 1. The van der Waals surface area contributed by atoms with Crippen LogP contribution in [0.4, 0.5) is 5.13 Å². The van der Waals surface area contributed by atoms with Crippen LogP contribution in [0.5, 0.6) is 0 Å². The van der Waals surface area contributed by atoms with E-state index in [4.69, 9.17) is 0 Å². The molecule has 2 fully saturated rings. The number of carboxylic acids is 1. The van der Waals surface area contributed by atoms with Crippen LogP contribution in [0, 0.1) is 37.5 Å². The molecule has 4 rings (SSSR count). The second-order valence-corrected chi connectivity index (χ2v) is 8.43. The van der Waals surface area contributed by atoms with Gasteiger partial charge in [-0.2, -0.15) is 0 Å². The first-order valence-electron chi connectivity index (χ1n) is 9.01. The number of benzene rings is 1. The van der Waals surface area contributed by atoms with Gasteiger partial charge in [-0.25, -0.2) is 4.98 Å². The average molecular weight is 370 g/mol. The number of carboxylic acid groups (broad SMARTS) is 1. The van der Waals surface area contributed by atoms with Crippen molar-refractivity contribution < 1.29 is 14.7 Å². The summed E-state index contributed by atoms with van der Waals surface area (Å²) in [4.78, 5) is 29.0. The first-order chi connectivity index (χ1) is 12.4. The summed E-state index contributed by atoms with van der Waals surface area (Å²) >= 11 is 1.39. The fourth-order valence-corrected chi connectivity index (χ4v) is 5.39. The lowest BCUT2D eigenvalue weighted by atomic mass is 9.79. The quantitative estimate of drug-likeness (QED) is 0.849. The zero-order valence-electron chi connectivity index (χ0n) is 14.9. The highest BCUT2D eigenvalue weighted by Crippen LogP contribution is 2.52. The van der Waals surface area contributed by atoms with E-state index in [9.17, 15) is 14.7 Å². The molecule has 0 radical (unpaired) electrons. The molecule has 1 aromatic carbocycles. The molecule has 2 N–H and O–H groups in total. The Morgan fingerprint density at radius 2 is 1.92 bits per heavy atom. The maximum Gasteiger partial charge on any atom is 0.307 e. The van der Waals surface area contributed by atoms with Gasteiger partial charge in [0.1, 0.15) is 0 Å². The molecule has 2 saturated carbocycles. The lowest BCUT2D eigenvalue weighted by Crippen LogP contribution is -2.37. The molecule has 6 heteroatoms. The first-order valence-corrected chi connectivity index (χ1v) is 9.89. The molecule has 1 amide bonds. The normalized spacial score (nSPS) is 26.8. The number of aliphatic carboxylic acids is 1. The zero-order valence-corrected chi connectivity index (χ0v) is 15.7. The smallest absolute Gasteiger partial charge is 0.307 e. The number of nitrogens with one attached hydrogen (secondary N) is 1. The summed E-state index contributed by atoms with van der Waals surface area (Å²) < 4.78 is 0. The van der Waals surface area contributed by atoms with Crippen molar-refractivity contribution in [1.82, 2.24) is 4.98 Å². The van der Waals surface area contributed by atoms with Gasteiger partial charge in [0.05, 0.1) is 17.5 Å². The van der Waals surface area contributed by atoms with E-state index in [1.54, 1.807) is 0 Å². The van der Waals surface area contributed by atoms with Gasteiger partial charge in [-0.1, -0.05) is 17.7 Å². The number of amides is 1. The van der Waals surface area contributed by atoms with Crippen molar-refractivity contribution in [2.24, 2.45) is 23.7 Å². The van der Waals surface area contributed by atoms with Crippen LogP contribution in [0.2, 0.25) is 0 Å². The van der Waals surface area contributed by atoms with Gasteiger partial charge in [0.25, 0.3) is 0 Å². The number of carbonyl (C=O) groups is 2. The van der Waals surface area contributed by atoms with E-state index in [0.717, 1.165) is 41.6 Å². The predicted molar refractivity (Wildman–Crippen MR) is 101 cm³/mol. The van der Waals surface area contributed by atoms with Gasteiger partial charge >= 0.3 is 5.97 Å². The summed E-state index contributed by atoms with van der Waals surface area (Å²) in [6.07, 6.45) is 2.75. The van der Waals surface area contributed by atoms with Gasteiger partial charge in [-0.3, -0.25) is 9.59 Å². The van der Waals surface area contributed by atoms with Crippen molar-refractivity contribution in [2.45, 2.75) is 33.1 Å². The minimum Gasteiger partial charge on any atom is -0.481 e. The van der Waals surface area contributed by atoms with Crippen LogP contribution in [0.25, 0.3) is 11.3 Å². The molecule has 2 aliphatic carbocycles. The highest BCUT2D eigenvalue weighted by molar-refractivity contribution is 7.14. The van der Waals surface area contributed by atoms with Crippen LogP contribution < -0.4 is 5.32 Å². The van der Waals surface area contributed by atoms with Crippen molar-refractivity contribution >= 4 is 28.3 Å². The molecule has 26 heavy (non-hydrogen) atoms. The number of rotatable bonds is 4. The van der Waals surface area contributed by atoms with Crippen LogP contribution in [-0.2, 0) is 9.59 Å². The first kappa shape index (κ1) is 17.2. The van der Waals surface area contributed by atoms with Crippen molar-refractivity contribution in [2.75, 3.05) is 5.32 Å². The Kier molecular flexibility index (Phi) is 4.31.